The predicted molar refractivity (Wildman–Crippen MR) is 163 cm³/mol. The van der Waals surface area contributed by atoms with Crippen LogP contribution in [0.4, 0.5) is 0 Å². The summed E-state index contributed by atoms with van der Waals surface area (Å²) in [5, 5.41) is 11.4. The van der Waals surface area contributed by atoms with Crippen LogP contribution in [-0.2, 0) is 0 Å². The van der Waals surface area contributed by atoms with Gasteiger partial charge in [-0.15, -0.1) is 0 Å². The van der Waals surface area contributed by atoms with Gasteiger partial charge in [0.1, 0.15) is 22.3 Å². The lowest BCUT2D eigenvalue weighted by molar-refractivity contribution is 0.663. The second-order valence-electron chi connectivity index (χ2n) is 10.1. The van der Waals surface area contributed by atoms with Crippen LogP contribution in [0.1, 0.15) is 0 Å². The van der Waals surface area contributed by atoms with Crippen molar-refractivity contribution in [1.29, 1.82) is 0 Å². The van der Waals surface area contributed by atoms with Gasteiger partial charge in [-0.25, -0.2) is 0 Å². The minimum Gasteiger partial charge on any atom is -0.456 e. The largest absolute Gasteiger partial charge is 0.456 e. The molecule has 3 heteroatoms. The van der Waals surface area contributed by atoms with E-state index >= 15 is 0 Å². The molecule has 3 aromatic heterocycles. The van der Waals surface area contributed by atoms with E-state index in [4.69, 9.17) is 8.83 Å². The Labute approximate surface area is 222 Å². The molecule has 6 aromatic carbocycles. The van der Waals surface area contributed by atoms with E-state index in [2.05, 4.69) is 102 Å². The molecule has 3 nitrogen and oxygen atoms in total. The molecule has 0 fully saturated rings. The van der Waals surface area contributed by atoms with Crippen LogP contribution in [0, 0.1) is 0 Å². The zero-order valence-corrected chi connectivity index (χ0v) is 20.9. The number of hydrogen-bond acceptors (Lipinski definition) is 2. The van der Waals surface area contributed by atoms with Crippen molar-refractivity contribution in [3.8, 4) is 0 Å². The van der Waals surface area contributed by atoms with Gasteiger partial charge in [0.2, 0.25) is 0 Å². The zero-order chi connectivity index (χ0) is 25.5. The van der Waals surface area contributed by atoms with Gasteiger partial charge in [0, 0.05) is 43.2 Å². The van der Waals surface area contributed by atoms with Crippen molar-refractivity contribution in [2.45, 2.75) is 0 Å². The first-order valence-corrected chi connectivity index (χ1v) is 13.2. The van der Waals surface area contributed by atoms with Gasteiger partial charge >= 0.3 is 0 Å². The first-order chi connectivity index (χ1) is 19.3. The third-order valence-corrected chi connectivity index (χ3v) is 8.05. The van der Waals surface area contributed by atoms with Crippen LogP contribution in [0.5, 0.6) is 0 Å². The van der Waals surface area contributed by atoms with Crippen LogP contribution in [0.2, 0.25) is 0 Å². The Bertz CT molecular complexity index is 2510. The second kappa shape index (κ2) is 7.62. The van der Waals surface area contributed by atoms with Crippen LogP contribution in [0.25, 0.3) is 87.2 Å². The van der Waals surface area contributed by atoms with E-state index in [1.807, 2.05) is 24.3 Å². The van der Waals surface area contributed by atoms with Gasteiger partial charge < -0.3 is 13.8 Å². The molecule has 0 aliphatic heterocycles. The third kappa shape index (κ3) is 2.82. The van der Waals surface area contributed by atoms with Crippen molar-refractivity contribution < 1.29 is 8.83 Å². The van der Waals surface area contributed by atoms with Gasteiger partial charge in [-0.3, -0.25) is 0 Å². The van der Waals surface area contributed by atoms with Crippen LogP contribution in [0.3, 0.4) is 0 Å². The number of nitrogens with one attached hydrogen (secondary N) is 1. The van der Waals surface area contributed by atoms with Gasteiger partial charge in [0.25, 0.3) is 0 Å². The number of aromatic amines is 1. The molecule has 1 N–H and O–H groups in total. The van der Waals surface area contributed by atoms with Crippen LogP contribution < -0.4 is 0 Å². The molecule has 0 aliphatic rings. The molecule has 39 heavy (non-hydrogen) atoms. The van der Waals surface area contributed by atoms with Crippen molar-refractivity contribution in [1.82, 2.24) is 4.98 Å². The van der Waals surface area contributed by atoms with E-state index in [0.717, 1.165) is 65.7 Å². The number of benzene rings is 6. The van der Waals surface area contributed by atoms with Gasteiger partial charge in [0.05, 0.1) is 5.52 Å². The fourth-order valence-electron chi connectivity index (χ4n) is 6.39. The molecule has 0 bridgehead atoms. The van der Waals surface area contributed by atoms with Crippen molar-refractivity contribution in [2.24, 2.45) is 0 Å². The Kier molecular flexibility index (Phi) is 4.05. The summed E-state index contributed by atoms with van der Waals surface area (Å²) in [5.74, 6) is 0. The number of H-pyrrole nitrogens is 1. The minimum absolute atomic E-state index is 0.845. The molecule has 0 amide bonds. The first kappa shape index (κ1) is 20.7. The second-order valence-corrected chi connectivity index (χ2v) is 10.1. The normalized spacial score (nSPS) is 12.1. The summed E-state index contributed by atoms with van der Waals surface area (Å²) in [6.45, 7) is 0. The number of para-hydroxylation sites is 3. The summed E-state index contributed by atoms with van der Waals surface area (Å²) in [4.78, 5) is 3.83. The van der Waals surface area contributed by atoms with Crippen LogP contribution in [-0.4, -0.2) is 4.98 Å². The lowest BCUT2D eigenvalue weighted by Crippen LogP contribution is -1.79. The highest BCUT2D eigenvalue weighted by Gasteiger charge is 2.17. The number of furan rings is 1. The van der Waals surface area contributed by atoms with Crippen molar-refractivity contribution in [3.05, 3.63) is 121 Å². The lowest BCUT2D eigenvalue weighted by Gasteiger charge is -2.04. The molecule has 0 radical (unpaired) electrons. The predicted octanol–water partition coefficient (Wildman–Crippen LogP) is 10.6. The maximum Gasteiger partial charge on any atom is 0.136 e. The van der Waals surface area contributed by atoms with E-state index < -0.39 is 0 Å². The summed E-state index contributed by atoms with van der Waals surface area (Å²) in [6.07, 6.45) is 0. The summed E-state index contributed by atoms with van der Waals surface area (Å²) in [5.41, 5.74) is 5.72. The van der Waals surface area contributed by atoms with Gasteiger partial charge in [-0.1, -0.05) is 91.0 Å². The Morgan fingerprint density at radius 3 is 1.59 bits per heavy atom. The molecule has 0 aliphatic carbocycles. The molecular weight excluding hydrogens is 478 g/mol. The molecule has 3 heterocycles. The van der Waals surface area contributed by atoms with Gasteiger partial charge in [0.15, 0.2) is 0 Å². The molecule has 0 unspecified atom stereocenters. The molecule has 0 saturated carbocycles. The summed E-state index contributed by atoms with van der Waals surface area (Å²) >= 11 is 0. The molecule has 0 atom stereocenters. The molecule has 182 valence electrons. The van der Waals surface area contributed by atoms with E-state index in [1.165, 1.54) is 21.5 Å². The van der Waals surface area contributed by atoms with E-state index in [0.29, 0.717) is 0 Å². The SMILES string of the molecule is c1ccc2c(c1)oc1ccccc1c1ccc3c([nH]c4ccc5oc6ccccc6c5c43)c1c1ccccc21. The van der Waals surface area contributed by atoms with Gasteiger partial charge in [-0.2, -0.15) is 0 Å². The number of fused-ring (bicyclic) bond motifs is 15. The Morgan fingerprint density at radius 1 is 0.333 bits per heavy atom. The topological polar surface area (TPSA) is 42.1 Å². The number of aromatic nitrogens is 1. The maximum absolute atomic E-state index is 6.62. The van der Waals surface area contributed by atoms with Gasteiger partial charge in [-0.05, 0) is 46.5 Å². The third-order valence-electron chi connectivity index (χ3n) is 8.05. The number of hydrogen-bond donors (Lipinski definition) is 1. The van der Waals surface area contributed by atoms with Crippen molar-refractivity contribution >= 4 is 87.2 Å². The highest BCUT2D eigenvalue weighted by atomic mass is 16.3. The highest BCUT2D eigenvalue weighted by molar-refractivity contribution is 6.33. The first-order valence-electron chi connectivity index (χ1n) is 13.2. The van der Waals surface area contributed by atoms with E-state index in [1.54, 1.807) is 0 Å². The average Bonchev–Trinajstić information content (AvgIpc) is 3.56. The van der Waals surface area contributed by atoms with Crippen molar-refractivity contribution in [2.75, 3.05) is 0 Å². The zero-order valence-electron chi connectivity index (χ0n) is 20.9. The summed E-state index contributed by atoms with van der Waals surface area (Å²) in [7, 11) is 0. The smallest absolute Gasteiger partial charge is 0.136 e. The number of rotatable bonds is 0. The fraction of sp³-hybridized carbons (Fsp3) is 0. The Morgan fingerprint density at radius 2 is 0.846 bits per heavy atom. The van der Waals surface area contributed by atoms with Crippen molar-refractivity contribution in [3.63, 3.8) is 0 Å². The van der Waals surface area contributed by atoms with E-state index in [9.17, 15) is 0 Å². The summed E-state index contributed by atoms with van der Waals surface area (Å²) in [6, 6.07) is 42.3. The molecule has 9 rings (SSSR count). The highest BCUT2D eigenvalue weighted by Crippen LogP contribution is 2.42. The maximum atomic E-state index is 6.62. The molecular formula is C36H21NO2. The molecule has 0 saturated heterocycles. The average molecular weight is 500 g/mol. The summed E-state index contributed by atoms with van der Waals surface area (Å²) < 4.78 is 12.9. The minimum atomic E-state index is 0.845. The fourth-order valence-corrected chi connectivity index (χ4v) is 6.39. The van der Waals surface area contributed by atoms with Crippen LogP contribution >= 0.6 is 0 Å². The molecule has 9 aromatic rings. The Hall–Kier alpha value is -5.28. The monoisotopic (exact) mass is 499 g/mol. The van der Waals surface area contributed by atoms with Crippen LogP contribution in [0.15, 0.2) is 130 Å². The lowest BCUT2D eigenvalue weighted by atomic mass is 9.98. The quantitative estimate of drug-likeness (QED) is 0.225. The van der Waals surface area contributed by atoms with E-state index in [-0.39, 0.29) is 0 Å². The standard InChI is InChI=1S/C36H21NO2/c1-2-12-24-21(9-1)22-10-3-6-14-29(22)38-30-15-7-4-11-23(30)25-17-18-27-34-28(37-36(27)33(24)25)19-20-32-35(34)26-13-5-8-16-31(26)39-32/h1-20,37H. The molecule has 0 spiro atoms. The Balaban J connectivity index is 1.64.